The van der Waals surface area contributed by atoms with E-state index in [-0.39, 0.29) is 0 Å². The Morgan fingerprint density at radius 1 is 1.05 bits per heavy atom. The van der Waals surface area contributed by atoms with Crippen molar-refractivity contribution in [2.75, 3.05) is 18.1 Å². The monoisotopic (exact) mass is 317 g/mol. The van der Waals surface area contributed by atoms with Crippen molar-refractivity contribution in [1.29, 1.82) is 0 Å². The molecular weight excluding hydrogens is 302 g/mol. The predicted molar refractivity (Wildman–Crippen MR) is 82.1 cm³/mol. The molecule has 0 unspecified atom stereocenters. The van der Waals surface area contributed by atoms with Crippen LogP contribution in [0, 0.1) is 0 Å². The number of alkyl halides is 1. The van der Waals surface area contributed by atoms with Crippen LogP contribution in [0.3, 0.4) is 0 Å². The Labute approximate surface area is 122 Å². The van der Waals surface area contributed by atoms with E-state index in [2.05, 4.69) is 63.3 Å². The van der Waals surface area contributed by atoms with Gasteiger partial charge in [0.05, 0.1) is 6.54 Å². The third kappa shape index (κ3) is 2.61. The van der Waals surface area contributed by atoms with E-state index in [1.54, 1.807) is 0 Å². The number of halogens is 1. The Hall–Kier alpha value is -1.48. The first-order valence-corrected chi connectivity index (χ1v) is 7.60. The highest BCUT2D eigenvalue weighted by atomic mass is 79.9. The Bertz CT molecular complexity index is 570. The molecule has 0 saturated carbocycles. The number of nitrogens with zero attached hydrogens (tertiary/aromatic N) is 1. The highest BCUT2D eigenvalue weighted by Gasteiger charge is 2.16. The normalized spacial score (nSPS) is 14.5. The quantitative estimate of drug-likeness (QED) is 0.777. The minimum atomic E-state index is 0.730. The van der Waals surface area contributed by atoms with Gasteiger partial charge in [-0.2, -0.15) is 0 Å². The summed E-state index contributed by atoms with van der Waals surface area (Å²) in [5.41, 5.74) is 3.87. The van der Waals surface area contributed by atoms with E-state index in [0.29, 0.717) is 0 Å². The lowest BCUT2D eigenvalue weighted by Crippen LogP contribution is -2.26. The lowest BCUT2D eigenvalue weighted by atomic mass is 10.1. The van der Waals surface area contributed by atoms with E-state index in [4.69, 9.17) is 4.74 Å². The van der Waals surface area contributed by atoms with Gasteiger partial charge in [-0.15, -0.1) is 0 Å². The smallest absolute Gasteiger partial charge is 0.124 e. The second-order valence-corrected chi connectivity index (χ2v) is 5.20. The molecule has 0 amide bonds. The molecule has 1 aliphatic rings. The molecule has 0 radical (unpaired) electrons. The molecular formula is C16H16BrNO. The molecule has 0 bridgehead atoms. The van der Waals surface area contributed by atoms with Gasteiger partial charge in [0, 0.05) is 23.1 Å². The SMILES string of the molecule is BrCc1ccccc1N1CCOc2ccccc2C1. The number of para-hydroxylation sites is 2. The van der Waals surface area contributed by atoms with Crippen LogP contribution in [-0.2, 0) is 11.9 Å². The number of benzene rings is 2. The summed E-state index contributed by atoms with van der Waals surface area (Å²) in [6, 6.07) is 16.8. The fourth-order valence-electron chi connectivity index (χ4n) is 2.46. The van der Waals surface area contributed by atoms with Crippen molar-refractivity contribution in [3.8, 4) is 5.75 Å². The van der Waals surface area contributed by atoms with E-state index in [9.17, 15) is 0 Å². The summed E-state index contributed by atoms with van der Waals surface area (Å²) in [7, 11) is 0. The average Bonchev–Trinajstić information content (AvgIpc) is 2.69. The average molecular weight is 318 g/mol. The van der Waals surface area contributed by atoms with Crippen LogP contribution in [0.15, 0.2) is 48.5 Å². The number of anilines is 1. The van der Waals surface area contributed by atoms with Crippen LogP contribution in [0.4, 0.5) is 5.69 Å². The molecule has 19 heavy (non-hydrogen) atoms. The zero-order chi connectivity index (χ0) is 13.1. The van der Waals surface area contributed by atoms with Gasteiger partial charge in [-0.25, -0.2) is 0 Å². The molecule has 98 valence electrons. The van der Waals surface area contributed by atoms with Gasteiger partial charge in [-0.3, -0.25) is 0 Å². The maximum atomic E-state index is 5.82. The Morgan fingerprint density at radius 2 is 1.84 bits per heavy atom. The highest BCUT2D eigenvalue weighted by molar-refractivity contribution is 9.08. The standard InChI is InChI=1S/C16H16BrNO/c17-11-13-5-1-3-7-15(13)18-9-10-19-16-8-4-2-6-14(16)12-18/h1-8H,9-12H2. The van der Waals surface area contributed by atoms with Crippen LogP contribution in [0.2, 0.25) is 0 Å². The number of ether oxygens (including phenoxy) is 1. The molecule has 1 heterocycles. The maximum Gasteiger partial charge on any atom is 0.124 e. The van der Waals surface area contributed by atoms with Crippen LogP contribution in [-0.4, -0.2) is 13.2 Å². The third-order valence-corrected chi connectivity index (χ3v) is 4.03. The van der Waals surface area contributed by atoms with Crippen LogP contribution in [0.1, 0.15) is 11.1 Å². The molecule has 0 aromatic heterocycles. The van der Waals surface area contributed by atoms with Gasteiger partial charge in [0.2, 0.25) is 0 Å². The van der Waals surface area contributed by atoms with Gasteiger partial charge in [0.25, 0.3) is 0 Å². The summed E-state index contributed by atoms with van der Waals surface area (Å²) in [4.78, 5) is 2.39. The molecule has 2 aromatic rings. The predicted octanol–water partition coefficient (Wildman–Crippen LogP) is 3.98. The topological polar surface area (TPSA) is 12.5 Å². The van der Waals surface area contributed by atoms with Gasteiger partial charge in [-0.05, 0) is 17.7 Å². The van der Waals surface area contributed by atoms with E-state index < -0.39 is 0 Å². The van der Waals surface area contributed by atoms with Crippen molar-refractivity contribution in [3.05, 3.63) is 59.7 Å². The number of rotatable bonds is 2. The summed E-state index contributed by atoms with van der Waals surface area (Å²) in [6.07, 6.45) is 0. The first-order chi connectivity index (χ1) is 9.38. The molecule has 2 nitrogen and oxygen atoms in total. The van der Waals surface area contributed by atoms with Gasteiger partial charge >= 0.3 is 0 Å². The van der Waals surface area contributed by atoms with Crippen LogP contribution < -0.4 is 9.64 Å². The van der Waals surface area contributed by atoms with Crippen LogP contribution in [0.25, 0.3) is 0 Å². The minimum absolute atomic E-state index is 0.730. The fraction of sp³-hybridized carbons (Fsp3) is 0.250. The highest BCUT2D eigenvalue weighted by Crippen LogP contribution is 2.28. The summed E-state index contributed by atoms with van der Waals surface area (Å²) in [6.45, 7) is 2.55. The van der Waals surface area contributed by atoms with Crippen molar-refractivity contribution in [2.45, 2.75) is 11.9 Å². The molecule has 1 aliphatic heterocycles. The first-order valence-electron chi connectivity index (χ1n) is 6.48. The van der Waals surface area contributed by atoms with E-state index in [1.165, 1.54) is 16.8 Å². The van der Waals surface area contributed by atoms with Crippen LogP contribution in [0.5, 0.6) is 5.75 Å². The summed E-state index contributed by atoms with van der Waals surface area (Å²) < 4.78 is 5.82. The molecule has 0 aliphatic carbocycles. The molecule has 3 heteroatoms. The first kappa shape index (κ1) is 12.5. The van der Waals surface area contributed by atoms with Crippen molar-refractivity contribution in [3.63, 3.8) is 0 Å². The summed E-state index contributed by atoms with van der Waals surface area (Å²) in [5.74, 6) is 1.02. The molecule has 0 fully saturated rings. The summed E-state index contributed by atoms with van der Waals surface area (Å²) in [5, 5.41) is 0.877. The maximum absolute atomic E-state index is 5.82. The number of hydrogen-bond acceptors (Lipinski definition) is 2. The van der Waals surface area contributed by atoms with Crippen molar-refractivity contribution in [1.82, 2.24) is 0 Å². The van der Waals surface area contributed by atoms with Crippen molar-refractivity contribution < 1.29 is 4.74 Å². The lowest BCUT2D eigenvalue weighted by Gasteiger charge is -2.24. The minimum Gasteiger partial charge on any atom is -0.491 e. The number of hydrogen-bond donors (Lipinski definition) is 0. The van der Waals surface area contributed by atoms with E-state index >= 15 is 0 Å². The van der Waals surface area contributed by atoms with E-state index in [1.807, 2.05) is 6.07 Å². The van der Waals surface area contributed by atoms with E-state index in [0.717, 1.165) is 30.8 Å². The Kier molecular flexibility index (Phi) is 3.74. The van der Waals surface area contributed by atoms with Crippen molar-refractivity contribution in [2.24, 2.45) is 0 Å². The molecule has 0 saturated heterocycles. The molecule has 3 rings (SSSR count). The lowest BCUT2D eigenvalue weighted by molar-refractivity contribution is 0.331. The van der Waals surface area contributed by atoms with Gasteiger partial charge in [-0.1, -0.05) is 52.3 Å². The van der Waals surface area contributed by atoms with Crippen molar-refractivity contribution >= 4 is 21.6 Å². The largest absolute Gasteiger partial charge is 0.491 e. The zero-order valence-electron chi connectivity index (χ0n) is 10.7. The molecule has 0 atom stereocenters. The van der Waals surface area contributed by atoms with Gasteiger partial charge < -0.3 is 9.64 Å². The Morgan fingerprint density at radius 3 is 2.74 bits per heavy atom. The molecule has 2 aromatic carbocycles. The second-order valence-electron chi connectivity index (χ2n) is 4.64. The fourth-order valence-corrected chi connectivity index (χ4v) is 2.94. The number of fused-ring (bicyclic) bond motifs is 1. The second kappa shape index (κ2) is 5.66. The van der Waals surface area contributed by atoms with Gasteiger partial charge in [0.1, 0.15) is 12.4 Å². The Balaban J connectivity index is 1.94. The summed E-state index contributed by atoms with van der Waals surface area (Å²) >= 11 is 3.57. The zero-order valence-corrected chi connectivity index (χ0v) is 12.3. The third-order valence-electron chi connectivity index (χ3n) is 3.43. The molecule has 0 N–H and O–H groups in total. The van der Waals surface area contributed by atoms with Gasteiger partial charge in [0.15, 0.2) is 0 Å². The van der Waals surface area contributed by atoms with Crippen LogP contribution >= 0.6 is 15.9 Å². The molecule has 0 spiro atoms.